The summed E-state index contributed by atoms with van der Waals surface area (Å²) in [7, 11) is -0.940. The van der Waals surface area contributed by atoms with E-state index < -0.39 is 7.12 Å². The van der Waals surface area contributed by atoms with Gasteiger partial charge >= 0.3 is 7.12 Å². The Kier molecular flexibility index (Phi) is 5.15. The second-order valence-corrected chi connectivity index (χ2v) is 6.84. The van der Waals surface area contributed by atoms with Gasteiger partial charge in [-0.15, -0.1) is 0 Å². The van der Waals surface area contributed by atoms with Crippen molar-refractivity contribution in [2.24, 2.45) is 0 Å². The first-order chi connectivity index (χ1) is 13.6. The van der Waals surface area contributed by atoms with E-state index in [1.807, 2.05) is 37.3 Å². The van der Waals surface area contributed by atoms with E-state index in [0.717, 1.165) is 11.1 Å². The van der Waals surface area contributed by atoms with Gasteiger partial charge in [0.25, 0.3) is 5.91 Å². The van der Waals surface area contributed by atoms with Crippen LogP contribution in [-0.2, 0) is 17.9 Å². The highest BCUT2D eigenvalue weighted by atomic mass is 16.5. The van der Waals surface area contributed by atoms with Gasteiger partial charge in [-0.1, -0.05) is 42.0 Å². The van der Waals surface area contributed by atoms with Crippen molar-refractivity contribution in [1.82, 2.24) is 0 Å². The van der Waals surface area contributed by atoms with Gasteiger partial charge in [-0.05, 0) is 53.8 Å². The van der Waals surface area contributed by atoms with Crippen LogP contribution in [0.1, 0.15) is 27.0 Å². The molecule has 5 nitrogen and oxygen atoms in total. The Labute approximate surface area is 164 Å². The number of carbonyl (C=O) groups is 1. The number of hydrogen-bond donors (Lipinski definition) is 2. The molecule has 0 bridgehead atoms. The lowest BCUT2D eigenvalue weighted by Crippen LogP contribution is -2.28. The van der Waals surface area contributed by atoms with Gasteiger partial charge < -0.3 is 19.7 Å². The summed E-state index contributed by atoms with van der Waals surface area (Å²) in [5.41, 5.74) is 4.98. The third kappa shape index (κ3) is 4.08. The van der Waals surface area contributed by atoms with E-state index in [-0.39, 0.29) is 5.91 Å². The predicted molar refractivity (Wildman–Crippen MR) is 109 cm³/mol. The molecule has 0 unspecified atom stereocenters. The minimum Gasteiger partial charge on any atom is -0.489 e. The highest BCUT2D eigenvalue weighted by Gasteiger charge is 2.27. The van der Waals surface area contributed by atoms with Crippen LogP contribution in [0.2, 0.25) is 0 Å². The number of nitrogens with one attached hydrogen (secondary N) is 1. The molecule has 0 saturated heterocycles. The number of carbonyl (C=O) groups excluding carboxylic acids is 1. The zero-order chi connectivity index (χ0) is 19.5. The van der Waals surface area contributed by atoms with Crippen molar-refractivity contribution in [3.63, 3.8) is 0 Å². The summed E-state index contributed by atoms with van der Waals surface area (Å²) in [6, 6.07) is 20.6. The Morgan fingerprint density at radius 1 is 1.14 bits per heavy atom. The summed E-state index contributed by atoms with van der Waals surface area (Å²) in [4.78, 5) is 12.6. The average molecular weight is 373 g/mol. The van der Waals surface area contributed by atoms with Gasteiger partial charge in [-0.3, -0.25) is 4.79 Å². The van der Waals surface area contributed by atoms with Crippen molar-refractivity contribution in [3.05, 3.63) is 89.0 Å². The monoisotopic (exact) mass is 373 g/mol. The van der Waals surface area contributed by atoms with E-state index in [9.17, 15) is 9.82 Å². The van der Waals surface area contributed by atoms with Crippen LogP contribution in [0.15, 0.2) is 66.7 Å². The van der Waals surface area contributed by atoms with Crippen LogP contribution in [0.5, 0.6) is 5.75 Å². The molecule has 0 fully saturated rings. The predicted octanol–water partition coefficient (Wildman–Crippen LogP) is 3.04. The number of anilines is 1. The largest absolute Gasteiger partial charge is 0.491 e. The first-order valence-corrected chi connectivity index (χ1v) is 9.11. The Balaban J connectivity index is 1.43. The Morgan fingerprint density at radius 3 is 2.86 bits per heavy atom. The minimum absolute atomic E-state index is 0.241. The van der Waals surface area contributed by atoms with Gasteiger partial charge in [-0.2, -0.15) is 0 Å². The lowest BCUT2D eigenvalue weighted by atomic mass is 9.79. The number of fused-ring (bicyclic) bond motifs is 1. The summed E-state index contributed by atoms with van der Waals surface area (Å²) in [5, 5.41) is 12.7. The molecular formula is C22H20BNO4. The summed E-state index contributed by atoms with van der Waals surface area (Å²) in [5.74, 6) is 0.390. The normalized spacial score (nSPS) is 12.6. The molecule has 28 heavy (non-hydrogen) atoms. The second kappa shape index (κ2) is 7.88. The van der Waals surface area contributed by atoms with Crippen LogP contribution in [-0.4, -0.2) is 18.0 Å². The highest BCUT2D eigenvalue weighted by molar-refractivity contribution is 6.61. The maximum atomic E-state index is 12.6. The maximum absolute atomic E-state index is 12.6. The van der Waals surface area contributed by atoms with Gasteiger partial charge in [-0.25, -0.2) is 0 Å². The molecule has 1 aliphatic rings. The standard InChI is InChI=1S/C22H20BNO4/c1-15-4-2-5-16(10-15)13-27-20-7-3-6-17(11-20)22(25)24-19-9-8-18-14-28-23(26)21(18)12-19/h2-12,26H,13-14H2,1H3,(H,24,25). The fourth-order valence-electron chi connectivity index (χ4n) is 3.19. The smallest absolute Gasteiger partial charge is 0.489 e. The summed E-state index contributed by atoms with van der Waals surface area (Å²) in [6.07, 6.45) is 0. The highest BCUT2D eigenvalue weighted by Crippen LogP contribution is 2.18. The van der Waals surface area contributed by atoms with Crippen LogP contribution in [0.25, 0.3) is 0 Å². The molecule has 3 aromatic rings. The van der Waals surface area contributed by atoms with Gasteiger partial charge in [0.1, 0.15) is 12.4 Å². The zero-order valence-electron chi connectivity index (χ0n) is 15.5. The van der Waals surface area contributed by atoms with Crippen LogP contribution in [0.4, 0.5) is 5.69 Å². The van der Waals surface area contributed by atoms with Crippen LogP contribution in [0.3, 0.4) is 0 Å². The van der Waals surface area contributed by atoms with Crippen molar-refractivity contribution in [1.29, 1.82) is 0 Å². The van der Waals surface area contributed by atoms with Crippen molar-refractivity contribution in [3.8, 4) is 5.75 Å². The van der Waals surface area contributed by atoms with E-state index in [4.69, 9.17) is 9.39 Å². The van der Waals surface area contributed by atoms with Gasteiger partial charge in [0.2, 0.25) is 0 Å². The third-order valence-electron chi connectivity index (χ3n) is 4.65. The van der Waals surface area contributed by atoms with Crippen molar-refractivity contribution < 1.29 is 19.2 Å². The van der Waals surface area contributed by atoms with E-state index >= 15 is 0 Å². The van der Waals surface area contributed by atoms with Crippen molar-refractivity contribution >= 4 is 24.2 Å². The van der Waals surface area contributed by atoms with Crippen LogP contribution >= 0.6 is 0 Å². The van der Waals surface area contributed by atoms with Gasteiger partial charge in [0, 0.05) is 11.3 Å². The Morgan fingerprint density at radius 2 is 2.00 bits per heavy atom. The zero-order valence-corrected chi connectivity index (χ0v) is 15.5. The SMILES string of the molecule is Cc1cccc(COc2cccc(C(=O)Nc3ccc4c(c3)B(O)OC4)c2)c1. The first kappa shape index (κ1) is 18.3. The van der Waals surface area contributed by atoms with Crippen LogP contribution < -0.4 is 15.5 Å². The second-order valence-electron chi connectivity index (χ2n) is 6.84. The molecule has 6 heteroatoms. The molecule has 0 saturated carbocycles. The maximum Gasteiger partial charge on any atom is 0.491 e. The molecule has 1 amide bonds. The fourth-order valence-corrected chi connectivity index (χ4v) is 3.19. The summed E-state index contributed by atoms with van der Waals surface area (Å²) >= 11 is 0. The Hall–Kier alpha value is -3.09. The molecule has 0 spiro atoms. The molecule has 3 aromatic carbocycles. The molecule has 140 valence electrons. The van der Waals surface area contributed by atoms with E-state index in [1.165, 1.54) is 5.56 Å². The van der Waals surface area contributed by atoms with Crippen molar-refractivity contribution in [2.45, 2.75) is 20.1 Å². The number of aryl methyl sites for hydroxylation is 1. The number of rotatable bonds is 5. The van der Waals surface area contributed by atoms with E-state index in [1.54, 1.807) is 30.3 Å². The molecule has 1 aliphatic heterocycles. The lowest BCUT2D eigenvalue weighted by molar-refractivity contribution is 0.102. The molecular weight excluding hydrogens is 353 g/mol. The van der Waals surface area contributed by atoms with Crippen molar-refractivity contribution in [2.75, 3.05) is 5.32 Å². The summed E-state index contributed by atoms with van der Waals surface area (Å²) in [6.45, 7) is 2.86. The molecule has 2 N–H and O–H groups in total. The van der Waals surface area contributed by atoms with Crippen LogP contribution in [0, 0.1) is 6.92 Å². The molecule has 1 heterocycles. The van der Waals surface area contributed by atoms with Gasteiger partial charge in [0.15, 0.2) is 0 Å². The fraction of sp³-hybridized carbons (Fsp3) is 0.136. The third-order valence-corrected chi connectivity index (χ3v) is 4.65. The number of benzene rings is 3. The first-order valence-electron chi connectivity index (χ1n) is 9.11. The molecule has 0 radical (unpaired) electrons. The van der Waals surface area contributed by atoms with Gasteiger partial charge in [0.05, 0.1) is 6.61 Å². The summed E-state index contributed by atoms with van der Waals surface area (Å²) < 4.78 is 11.0. The minimum atomic E-state index is -0.940. The molecule has 4 rings (SSSR count). The molecule has 0 aliphatic carbocycles. The Bertz CT molecular complexity index is 1020. The number of hydrogen-bond acceptors (Lipinski definition) is 4. The van der Waals surface area contributed by atoms with E-state index in [0.29, 0.717) is 35.7 Å². The lowest BCUT2D eigenvalue weighted by Gasteiger charge is -2.10. The quantitative estimate of drug-likeness (QED) is 0.675. The number of ether oxygens (including phenoxy) is 1. The number of amides is 1. The molecule has 0 atom stereocenters. The average Bonchev–Trinajstić information content (AvgIpc) is 3.07. The van der Waals surface area contributed by atoms with E-state index in [2.05, 4.69) is 11.4 Å². The molecule has 0 aromatic heterocycles. The topological polar surface area (TPSA) is 67.8 Å².